The van der Waals surface area contributed by atoms with Crippen LogP contribution >= 0.6 is 0 Å². The van der Waals surface area contributed by atoms with Crippen molar-refractivity contribution in [3.63, 3.8) is 0 Å². The summed E-state index contributed by atoms with van der Waals surface area (Å²) in [6, 6.07) is 0. The zero-order valence-corrected chi connectivity index (χ0v) is 49.0. The maximum atomic E-state index is 2.34. The molecule has 410 valence electrons. The Morgan fingerprint density at radius 2 is 0.235 bits per heavy atom. The molecule has 0 fully saturated rings. The van der Waals surface area contributed by atoms with Gasteiger partial charge in [0.05, 0.1) is 0 Å². The van der Waals surface area contributed by atoms with Crippen LogP contribution < -0.4 is 0 Å². The highest BCUT2D eigenvalue weighted by molar-refractivity contribution is 4.70. The standard InChI is InChI=1S/C68H138/c1-5-9-13-17-21-25-29-33-36-37-41-45-49-53-57-61-65-67(62-58-54-50-46-42-38-32-28-24-20-16-12-8-4)66-68(63-59-55-51-47-43-39-34-30-26-22-18-14-10-6-2)64-60-56-52-48-44-40-35-31-27-23-19-15-11-7-3/h67-68H,5-66H2,1-4H3. The molecule has 0 aromatic heterocycles. The summed E-state index contributed by atoms with van der Waals surface area (Å²) in [6.07, 6.45) is 92.3. The Labute approximate surface area is 435 Å². The Kier molecular flexibility index (Phi) is 63.1. The minimum absolute atomic E-state index is 1.01. The maximum Gasteiger partial charge on any atom is -0.0412 e. The van der Waals surface area contributed by atoms with Crippen LogP contribution in [0.3, 0.4) is 0 Å². The average molecular weight is 956 g/mol. The van der Waals surface area contributed by atoms with E-state index in [1.807, 2.05) is 0 Å². The molecule has 0 aliphatic heterocycles. The van der Waals surface area contributed by atoms with Crippen LogP contribution in [-0.2, 0) is 0 Å². The second kappa shape index (κ2) is 63.1. The van der Waals surface area contributed by atoms with Crippen molar-refractivity contribution in [2.24, 2.45) is 11.8 Å². The second-order valence-electron chi connectivity index (χ2n) is 23.9. The molecular weight excluding hydrogens is 817 g/mol. The van der Waals surface area contributed by atoms with Crippen molar-refractivity contribution >= 4 is 0 Å². The molecule has 0 saturated heterocycles. The van der Waals surface area contributed by atoms with E-state index in [4.69, 9.17) is 0 Å². The van der Waals surface area contributed by atoms with Gasteiger partial charge in [0.1, 0.15) is 0 Å². The molecule has 0 saturated carbocycles. The number of hydrogen-bond donors (Lipinski definition) is 0. The van der Waals surface area contributed by atoms with Gasteiger partial charge >= 0.3 is 0 Å². The van der Waals surface area contributed by atoms with Crippen LogP contribution in [0.1, 0.15) is 426 Å². The van der Waals surface area contributed by atoms with Crippen LogP contribution in [0.4, 0.5) is 0 Å². The van der Waals surface area contributed by atoms with Crippen LogP contribution in [0.25, 0.3) is 0 Å². The summed E-state index contributed by atoms with van der Waals surface area (Å²) < 4.78 is 0. The van der Waals surface area contributed by atoms with Crippen LogP contribution in [-0.4, -0.2) is 0 Å². The van der Waals surface area contributed by atoms with Gasteiger partial charge in [0, 0.05) is 0 Å². The lowest BCUT2D eigenvalue weighted by Crippen LogP contribution is -2.11. The molecule has 0 rings (SSSR count). The predicted molar refractivity (Wildman–Crippen MR) is 316 cm³/mol. The van der Waals surface area contributed by atoms with Crippen molar-refractivity contribution < 1.29 is 0 Å². The first kappa shape index (κ1) is 68.0. The molecular formula is C68H138. The van der Waals surface area contributed by atoms with Crippen LogP contribution in [0.15, 0.2) is 0 Å². The minimum Gasteiger partial charge on any atom is -0.0654 e. The van der Waals surface area contributed by atoms with Gasteiger partial charge in [-0.3, -0.25) is 0 Å². The van der Waals surface area contributed by atoms with Crippen molar-refractivity contribution in [2.75, 3.05) is 0 Å². The summed E-state index contributed by atoms with van der Waals surface area (Å²) in [5.41, 5.74) is 0. The zero-order valence-electron chi connectivity index (χ0n) is 49.0. The van der Waals surface area contributed by atoms with E-state index in [0.717, 1.165) is 11.8 Å². The molecule has 0 N–H and O–H groups in total. The molecule has 0 heterocycles. The fourth-order valence-corrected chi connectivity index (χ4v) is 11.9. The molecule has 0 heteroatoms. The molecule has 0 aliphatic carbocycles. The molecule has 0 bridgehead atoms. The van der Waals surface area contributed by atoms with E-state index in [9.17, 15) is 0 Å². The molecule has 0 aromatic carbocycles. The lowest BCUT2D eigenvalue weighted by Gasteiger charge is -2.24. The highest BCUT2D eigenvalue weighted by Gasteiger charge is 2.17. The summed E-state index contributed by atoms with van der Waals surface area (Å²) >= 11 is 0. The third-order valence-corrected chi connectivity index (χ3v) is 16.8. The van der Waals surface area contributed by atoms with Crippen molar-refractivity contribution in [1.29, 1.82) is 0 Å². The lowest BCUT2D eigenvalue weighted by atomic mass is 9.81. The van der Waals surface area contributed by atoms with Crippen molar-refractivity contribution in [3.8, 4) is 0 Å². The first-order valence-corrected chi connectivity index (χ1v) is 33.8. The molecule has 0 nitrogen and oxygen atoms in total. The Bertz CT molecular complexity index is 796. The summed E-state index contributed by atoms with van der Waals surface area (Å²) in [7, 11) is 0. The highest BCUT2D eigenvalue weighted by Crippen LogP contribution is 2.32. The van der Waals surface area contributed by atoms with Crippen LogP contribution in [0.5, 0.6) is 0 Å². The summed E-state index contributed by atoms with van der Waals surface area (Å²) in [5, 5.41) is 0. The van der Waals surface area contributed by atoms with Gasteiger partial charge in [0.15, 0.2) is 0 Å². The largest absolute Gasteiger partial charge is 0.0654 e. The van der Waals surface area contributed by atoms with Crippen molar-refractivity contribution in [1.82, 2.24) is 0 Å². The number of rotatable bonds is 63. The average Bonchev–Trinajstić information content (AvgIpc) is 3.35. The van der Waals surface area contributed by atoms with E-state index in [-0.39, 0.29) is 0 Å². The third-order valence-electron chi connectivity index (χ3n) is 16.8. The van der Waals surface area contributed by atoms with Gasteiger partial charge < -0.3 is 0 Å². The van der Waals surface area contributed by atoms with E-state index < -0.39 is 0 Å². The second-order valence-corrected chi connectivity index (χ2v) is 23.9. The van der Waals surface area contributed by atoms with E-state index in [1.54, 1.807) is 32.1 Å². The first-order valence-electron chi connectivity index (χ1n) is 33.8. The Morgan fingerprint density at radius 3 is 0.353 bits per heavy atom. The summed E-state index contributed by atoms with van der Waals surface area (Å²) in [4.78, 5) is 0. The van der Waals surface area contributed by atoms with Crippen LogP contribution in [0.2, 0.25) is 0 Å². The van der Waals surface area contributed by atoms with Gasteiger partial charge in [-0.15, -0.1) is 0 Å². The van der Waals surface area contributed by atoms with Crippen molar-refractivity contribution in [3.05, 3.63) is 0 Å². The van der Waals surface area contributed by atoms with Gasteiger partial charge in [-0.1, -0.05) is 419 Å². The molecule has 0 aromatic rings. The Morgan fingerprint density at radius 1 is 0.132 bits per heavy atom. The molecule has 0 spiro atoms. The fraction of sp³-hybridized carbons (Fsp3) is 1.00. The van der Waals surface area contributed by atoms with E-state index in [0.29, 0.717) is 0 Å². The van der Waals surface area contributed by atoms with E-state index in [2.05, 4.69) is 27.7 Å². The normalized spacial score (nSPS) is 12.3. The quantitative estimate of drug-likeness (QED) is 0.0533. The summed E-state index contributed by atoms with van der Waals surface area (Å²) in [6.45, 7) is 9.33. The van der Waals surface area contributed by atoms with Gasteiger partial charge in [0.2, 0.25) is 0 Å². The number of hydrogen-bond acceptors (Lipinski definition) is 0. The highest BCUT2D eigenvalue weighted by atomic mass is 14.2. The topological polar surface area (TPSA) is 0 Å². The molecule has 0 aliphatic rings. The van der Waals surface area contributed by atoms with Gasteiger partial charge in [-0.05, 0) is 18.3 Å². The SMILES string of the molecule is CCCCCCCCCCCCCCCCCCC(CCCCCCCCCCCCCCC)CC(CCCCCCCCCCCCCCCC)CCCCCCCCCCCCCCCC. The number of unbranched alkanes of at least 4 members (excludes halogenated alkanes) is 53. The Hall–Kier alpha value is 0. The Balaban J connectivity index is 4.83. The zero-order chi connectivity index (χ0) is 49.0. The van der Waals surface area contributed by atoms with Gasteiger partial charge in [-0.2, -0.15) is 0 Å². The third kappa shape index (κ3) is 58.6. The lowest BCUT2D eigenvalue weighted by molar-refractivity contribution is 0.282. The first-order chi connectivity index (χ1) is 33.8. The van der Waals surface area contributed by atoms with Crippen LogP contribution in [0, 0.1) is 11.8 Å². The molecule has 1 unspecified atom stereocenters. The maximum absolute atomic E-state index is 2.34. The van der Waals surface area contributed by atoms with Gasteiger partial charge in [0.25, 0.3) is 0 Å². The molecule has 68 heavy (non-hydrogen) atoms. The monoisotopic (exact) mass is 955 g/mol. The minimum atomic E-state index is 1.01. The predicted octanol–water partition coefficient (Wildman–Crippen LogP) is 26.5. The summed E-state index contributed by atoms with van der Waals surface area (Å²) in [5.74, 6) is 2.02. The van der Waals surface area contributed by atoms with E-state index in [1.165, 1.54) is 366 Å². The van der Waals surface area contributed by atoms with E-state index >= 15 is 0 Å². The molecule has 0 amide bonds. The molecule has 1 atom stereocenters. The smallest absolute Gasteiger partial charge is 0.0412 e. The van der Waals surface area contributed by atoms with Crippen molar-refractivity contribution in [2.45, 2.75) is 426 Å². The van der Waals surface area contributed by atoms with Gasteiger partial charge in [-0.25, -0.2) is 0 Å². The molecule has 0 radical (unpaired) electrons. The fourth-order valence-electron chi connectivity index (χ4n) is 11.9.